The highest BCUT2D eigenvalue weighted by atomic mass is 16.5. The SMILES string of the molecule is CC1CCN(CCCNC(=O)CCc2ccc3c(c2)CN(C(=O)C2CC2)CCO3)CC1. The number of rotatable bonds is 8. The second-order valence-electron chi connectivity index (χ2n) is 9.55. The van der Waals surface area contributed by atoms with Crippen molar-refractivity contribution in [2.75, 3.05) is 39.3 Å². The summed E-state index contributed by atoms with van der Waals surface area (Å²) in [6, 6.07) is 6.15. The summed E-state index contributed by atoms with van der Waals surface area (Å²) < 4.78 is 5.85. The predicted molar refractivity (Wildman–Crippen MR) is 121 cm³/mol. The molecule has 1 saturated carbocycles. The number of benzene rings is 1. The predicted octanol–water partition coefficient (Wildman–Crippen LogP) is 2.99. The van der Waals surface area contributed by atoms with Crippen molar-refractivity contribution in [1.29, 1.82) is 0 Å². The topological polar surface area (TPSA) is 61.9 Å². The lowest BCUT2D eigenvalue weighted by Crippen LogP contribution is -2.35. The molecule has 1 aromatic carbocycles. The van der Waals surface area contributed by atoms with E-state index >= 15 is 0 Å². The van der Waals surface area contributed by atoms with Crippen LogP contribution in [0.25, 0.3) is 0 Å². The van der Waals surface area contributed by atoms with Crippen LogP contribution in [0.4, 0.5) is 0 Å². The number of piperidine rings is 1. The smallest absolute Gasteiger partial charge is 0.226 e. The molecule has 1 aliphatic carbocycles. The molecule has 0 spiro atoms. The summed E-state index contributed by atoms with van der Waals surface area (Å²) in [5.41, 5.74) is 2.18. The Bertz CT molecular complexity index is 769. The highest BCUT2D eigenvalue weighted by Crippen LogP contribution is 2.33. The van der Waals surface area contributed by atoms with Gasteiger partial charge in [-0.1, -0.05) is 19.1 Å². The van der Waals surface area contributed by atoms with Crippen LogP contribution in [0.3, 0.4) is 0 Å². The first-order chi connectivity index (χ1) is 15.1. The molecule has 6 heteroatoms. The largest absolute Gasteiger partial charge is 0.491 e. The number of nitrogens with zero attached hydrogens (tertiary/aromatic N) is 2. The van der Waals surface area contributed by atoms with Crippen LogP contribution in [-0.4, -0.2) is 60.9 Å². The van der Waals surface area contributed by atoms with E-state index in [4.69, 9.17) is 4.74 Å². The molecule has 2 aliphatic heterocycles. The Labute approximate surface area is 186 Å². The molecule has 0 aromatic heterocycles. The van der Waals surface area contributed by atoms with Gasteiger partial charge in [0.05, 0.1) is 6.54 Å². The lowest BCUT2D eigenvalue weighted by Gasteiger charge is -2.30. The molecule has 4 rings (SSSR count). The van der Waals surface area contributed by atoms with Gasteiger partial charge in [-0.2, -0.15) is 0 Å². The number of hydrogen-bond donors (Lipinski definition) is 1. The van der Waals surface area contributed by atoms with Crippen molar-refractivity contribution in [3.05, 3.63) is 29.3 Å². The molecule has 1 saturated heterocycles. The molecule has 0 atom stereocenters. The zero-order valence-electron chi connectivity index (χ0n) is 18.9. The van der Waals surface area contributed by atoms with Gasteiger partial charge >= 0.3 is 0 Å². The van der Waals surface area contributed by atoms with Crippen molar-refractivity contribution in [2.45, 2.75) is 58.4 Å². The van der Waals surface area contributed by atoms with Crippen LogP contribution in [0, 0.1) is 11.8 Å². The molecule has 2 fully saturated rings. The van der Waals surface area contributed by atoms with Crippen LogP contribution in [0.2, 0.25) is 0 Å². The minimum atomic E-state index is 0.115. The standard InChI is InChI=1S/C25H37N3O3/c1-19-9-13-27(14-10-19)12-2-11-26-24(29)8-4-20-3-7-23-22(17-20)18-28(15-16-31-23)25(30)21-5-6-21/h3,7,17,19,21H,2,4-6,8-16,18H2,1H3,(H,26,29). The van der Waals surface area contributed by atoms with E-state index in [1.807, 2.05) is 17.0 Å². The van der Waals surface area contributed by atoms with Gasteiger partial charge in [0.2, 0.25) is 11.8 Å². The summed E-state index contributed by atoms with van der Waals surface area (Å²) in [6.45, 7) is 8.36. The van der Waals surface area contributed by atoms with Gasteiger partial charge in [-0.25, -0.2) is 0 Å². The number of hydrogen-bond acceptors (Lipinski definition) is 4. The molecule has 1 N–H and O–H groups in total. The summed E-state index contributed by atoms with van der Waals surface area (Å²) in [6.07, 6.45) is 6.85. The molecule has 2 amide bonds. The molecule has 170 valence electrons. The van der Waals surface area contributed by atoms with E-state index in [-0.39, 0.29) is 17.7 Å². The number of ether oxygens (including phenoxy) is 1. The third kappa shape index (κ3) is 6.45. The number of fused-ring (bicyclic) bond motifs is 1. The molecule has 0 radical (unpaired) electrons. The average molecular weight is 428 g/mol. The average Bonchev–Trinajstić information content (AvgIpc) is 3.62. The van der Waals surface area contributed by atoms with E-state index in [0.29, 0.717) is 32.5 Å². The number of nitrogens with one attached hydrogen (secondary N) is 1. The van der Waals surface area contributed by atoms with Gasteiger partial charge in [0, 0.05) is 31.0 Å². The summed E-state index contributed by atoms with van der Waals surface area (Å²) >= 11 is 0. The Morgan fingerprint density at radius 2 is 1.94 bits per heavy atom. The van der Waals surface area contributed by atoms with Gasteiger partial charge in [0.1, 0.15) is 12.4 Å². The molecule has 6 nitrogen and oxygen atoms in total. The van der Waals surface area contributed by atoms with E-state index < -0.39 is 0 Å². The maximum Gasteiger partial charge on any atom is 0.226 e. The van der Waals surface area contributed by atoms with Crippen LogP contribution < -0.4 is 10.1 Å². The summed E-state index contributed by atoms with van der Waals surface area (Å²) in [5, 5.41) is 3.07. The van der Waals surface area contributed by atoms with Gasteiger partial charge in [-0.05, 0) is 75.7 Å². The Morgan fingerprint density at radius 3 is 2.71 bits per heavy atom. The van der Waals surface area contributed by atoms with Gasteiger partial charge in [-0.15, -0.1) is 0 Å². The van der Waals surface area contributed by atoms with Crippen LogP contribution in [0.5, 0.6) is 5.75 Å². The first kappa shape index (κ1) is 22.1. The monoisotopic (exact) mass is 427 g/mol. The van der Waals surface area contributed by atoms with Crippen molar-refractivity contribution in [1.82, 2.24) is 15.1 Å². The van der Waals surface area contributed by atoms with Crippen LogP contribution in [0.1, 0.15) is 56.6 Å². The normalized spacial score (nSPS) is 20.0. The Balaban J connectivity index is 1.19. The van der Waals surface area contributed by atoms with Gasteiger partial charge in [0.25, 0.3) is 0 Å². The Kier molecular flexibility index (Phi) is 7.49. The number of aryl methyl sites for hydroxylation is 1. The summed E-state index contributed by atoms with van der Waals surface area (Å²) in [7, 11) is 0. The quantitative estimate of drug-likeness (QED) is 0.648. The van der Waals surface area contributed by atoms with E-state index in [1.54, 1.807) is 0 Å². The zero-order chi connectivity index (χ0) is 21.6. The molecule has 31 heavy (non-hydrogen) atoms. The number of carbonyl (C=O) groups is 2. The lowest BCUT2D eigenvalue weighted by molar-refractivity contribution is -0.133. The third-order valence-corrected chi connectivity index (χ3v) is 6.83. The molecule has 0 unspecified atom stereocenters. The van der Waals surface area contributed by atoms with Crippen LogP contribution in [0.15, 0.2) is 18.2 Å². The second kappa shape index (κ2) is 10.5. The van der Waals surface area contributed by atoms with Crippen molar-refractivity contribution in [3.8, 4) is 5.75 Å². The number of amides is 2. The second-order valence-corrected chi connectivity index (χ2v) is 9.55. The molecular weight excluding hydrogens is 390 g/mol. The first-order valence-electron chi connectivity index (χ1n) is 12.1. The lowest BCUT2D eigenvalue weighted by atomic mass is 9.99. The Hall–Kier alpha value is -2.08. The van der Waals surface area contributed by atoms with Crippen LogP contribution in [-0.2, 0) is 22.6 Å². The van der Waals surface area contributed by atoms with E-state index in [2.05, 4.69) is 23.2 Å². The molecule has 2 heterocycles. The molecule has 0 bridgehead atoms. The van der Waals surface area contributed by atoms with Gasteiger partial charge in [-0.3, -0.25) is 9.59 Å². The zero-order valence-corrected chi connectivity index (χ0v) is 18.9. The number of carbonyl (C=O) groups excluding carboxylic acids is 2. The number of likely N-dealkylation sites (tertiary alicyclic amines) is 1. The van der Waals surface area contributed by atoms with Gasteiger partial charge in [0.15, 0.2) is 0 Å². The van der Waals surface area contributed by atoms with Crippen molar-refractivity contribution in [3.63, 3.8) is 0 Å². The Morgan fingerprint density at radius 1 is 1.13 bits per heavy atom. The highest BCUT2D eigenvalue weighted by Gasteiger charge is 2.34. The van der Waals surface area contributed by atoms with Crippen molar-refractivity contribution in [2.24, 2.45) is 11.8 Å². The maximum absolute atomic E-state index is 12.5. The van der Waals surface area contributed by atoms with Gasteiger partial charge < -0.3 is 19.9 Å². The third-order valence-electron chi connectivity index (χ3n) is 6.83. The molecule has 1 aromatic rings. The minimum Gasteiger partial charge on any atom is -0.491 e. The molecular formula is C25H37N3O3. The van der Waals surface area contributed by atoms with E-state index in [1.165, 1.54) is 25.9 Å². The van der Waals surface area contributed by atoms with Crippen LogP contribution >= 0.6 is 0 Å². The fourth-order valence-corrected chi connectivity index (χ4v) is 4.54. The van der Waals surface area contributed by atoms with E-state index in [9.17, 15) is 9.59 Å². The maximum atomic E-state index is 12.5. The highest BCUT2D eigenvalue weighted by molar-refractivity contribution is 5.81. The first-order valence-corrected chi connectivity index (χ1v) is 12.1. The van der Waals surface area contributed by atoms with E-state index in [0.717, 1.165) is 55.1 Å². The molecule has 3 aliphatic rings. The summed E-state index contributed by atoms with van der Waals surface area (Å²) in [5.74, 6) is 2.33. The fourth-order valence-electron chi connectivity index (χ4n) is 4.54. The minimum absolute atomic E-state index is 0.115. The fraction of sp³-hybridized carbons (Fsp3) is 0.680. The van der Waals surface area contributed by atoms with Crippen molar-refractivity contribution < 1.29 is 14.3 Å². The summed E-state index contributed by atoms with van der Waals surface area (Å²) in [4.78, 5) is 29.2. The van der Waals surface area contributed by atoms with Crippen molar-refractivity contribution >= 4 is 11.8 Å².